The molecule has 1 N–H and O–H groups in total. The van der Waals surface area contributed by atoms with Crippen molar-refractivity contribution in [1.29, 1.82) is 0 Å². The van der Waals surface area contributed by atoms with Crippen LogP contribution in [0.3, 0.4) is 0 Å². The normalized spacial score (nSPS) is 5.20. The maximum absolute atomic E-state index is 8.67. The van der Waals surface area contributed by atoms with Crippen molar-refractivity contribution in [3.05, 3.63) is 0 Å². The summed E-state index contributed by atoms with van der Waals surface area (Å²) < 4.78 is 24.4. The van der Waals surface area contributed by atoms with Crippen LogP contribution in [0.5, 0.6) is 0 Å². The third kappa shape index (κ3) is 34.0. The summed E-state index contributed by atoms with van der Waals surface area (Å²) in [4.78, 5) is 0. The average molecular weight is 123 g/mol. The minimum atomic E-state index is -3.69. The van der Waals surface area contributed by atoms with Crippen LogP contribution in [0.25, 0.3) is 0 Å². The molecule has 0 radical (unpaired) electrons. The second-order valence-electron chi connectivity index (χ2n) is 0.238. The van der Waals surface area contributed by atoms with Gasteiger partial charge in [0.15, 0.2) is 0 Å². The van der Waals surface area contributed by atoms with Crippen LogP contribution >= 0.6 is 0 Å². The Morgan fingerprint density at radius 1 is 1.80 bits per heavy atom. The van der Waals surface area contributed by atoms with E-state index in [4.69, 9.17) is 11.7 Å². The zero-order chi connectivity index (χ0) is 3.58. The van der Waals surface area contributed by atoms with Crippen LogP contribution in [-0.2, 0) is 19.5 Å². The second-order valence-corrected chi connectivity index (χ2v) is 0.981. The standard InChI is InChI=1S/Na.H2O.2O.V/h;1H2;;;/q+1;;;-1;+1/p-1. The summed E-state index contributed by atoms with van der Waals surface area (Å²) >= 11 is -3.69. The zero-order valence-corrected chi connectivity index (χ0v) is 6.11. The van der Waals surface area contributed by atoms with E-state index >= 15 is 0 Å². The van der Waals surface area contributed by atoms with Gasteiger partial charge in [0, 0.05) is 0 Å². The fourth-order valence-corrected chi connectivity index (χ4v) is 0. The van der Waals surface area contributed by atoms with Crippen LogP contribution in [-0.4, -0.2) is 4.03 Å². The monoisotopic (exact) mass is 123 g/mol. The first-order chi connectivity index (χ1) is 1.73. The molecule has 0 saturated carbocycles. The van der Waals surface area contributed by atoms with E-state index in [1.807, 2.05) is 0 Å². The molecule has 0 aromatic rings. The molecular weight excluding hydrogens is 122 g/mol. The number of hydrogen-bond acceptors (Lipinski definition) is 2. The van der Waals surface area contributed by atoms with Crippen molar-refractivity contribution in [2.45, 2.75) is 0 Å². The van der Waals surface area contributed by atoms with E-state index in [2.05, 4.69) is 0 Å². The van der Waals surface area contributed by atoms with Crippen molar-refractivity contribution in [1.82, 2.24) is 0 Å². The minimum absolute atomic E-state index is 0. The summed E-state index contributed by atoms with van der Waals surface area (Å²) in [6, 6.07) is 0. The third-order valence-corrected chi connectivity index (χ3v) is 0. The van der Waals surface area contributed by atoms with E-state index < -0.39 is 15.8 Å². The Bertz CT molecular complexity index is 29.9. The quantitative estimate of drug-likeness (QED) is 0.328. The Morgan fingerprint density at radius 3 is 1.80 bits per heavy atom. The van der Waals surface area contributed by atoms with E-state index in [9.17, 15) is 0 Å². The molecule has 0 aliphatic rings. The molecule has 0 fully saturated rings. The predicted octanol–water partition coefficient (Wildman–Crippen LogP) is -4.86. The summed E-state index contributed by atoms with van der Waals surface area (Å²) in [6.45, 7) is 0. The Morgan fingerprint density at radius 2 is 1.80 bits per heavy atom. The Labute approximate surface area is 56.8 Å². The fourth-order valence-electron chi connectivity index (χ4n) is 0. The molecule has 0 spiro atoms. The number of hydrogen-bond donors (Lipinski definition) is 1. The fraction of sp³-hybridized carbons (Fsp3) is 0. The topological polar surface area (TPSA) is 60.4 Å². The van der Waals surface area contributed by atoms with Crippen molar-refractivity contribution in [3.8, 4) is 0 Å². The van der Waals surface area contributed by atoms with Gasteiger partial charge in [0.1, 0.15) is 0 Å². The van der Waals surface area contributed by atoms with Gasteiger partial charge in [-0.05, 0) is 0 Å². The van der Waals surface area contributed by atoms with E-state index in [1.54, 1.807) is 0 Å². The maximum atomic E-state index is 8.67. The molecule has 0 bridgehead atoms. The molecule has 0 amide bonds. The number of rotatable bonds is 0. The third-order valence-electron chi connectivity index (χ3n) is 0. The van der Waals surface area contributed by atoms with Gasteiger partial charge in [0.25, 0.3) is 0 Å². The van der Waals surface area contributed by atoms with Crippen LogP contribution < -0.4 is 33.6 Å². The summed E-state index contributed by atoms with van der Waals surface area (Å²) in [5.74, 6) is 0. The molecule has 0 saturated heterocycles. The Kier molecular flexibility index (Phi) is 10.2. The van der Waals surface area contributed by atoms with Gasteiger partial charge in [-0.3, -0.25) is 0 Å². The zero-order valence-electron chi connectivity index (χ0n) is 2.71. The first kappa shape index (κ1) is 9.57. The first-order valence-electron chi connectivity index (χ1n) is 0.565. The van der Waals surface area contributed by atoms with Crippen LogP contribution in [0.15, 0.2) is 0 Å². The Balaban J connectivity index is 0. The van der Waals surface area contributed by atoms with E-state index in [0.717, 1.165) is 0 Å². The summed E-state index contributed by atoms with van der Waals surface area (Å²) in [6.07, 6.45) is 0. The van der Waals surface area contributed by atoms with Gasteiger partial charge in [0.05, 0.1) is 0 Å². The van der Waals surface area contributed by atoms with Crippen molar-refractivity contribution >= 4 is 0 Å². The molecular formula is HNaO3V. The molecule has 0 rings (SSSR count). The van der Waals surface area contributed by atoms with Gasteiger partial charge in [0.2, 0.25) is 0 Å². The van der Waals surface area contributed by atoms with Gasteiger partial charge >= 0.3 is 57.1 Å². The molecule has 0 aromatic carbocycles. The van der Waals surface area contributed by atoms with E-state index in [0.29, 0.717) is 0 Å². The van der Waals surface area contributed by atoms with Crippen LogP contribution in [0.4, 0.5) is 0 Å². The van der Waals surface area contributed by atoms with Crippen molar-refractivity contribution in [2.24, 2.45) is 0 Å². The summed E-state index contributed by atoms with van der Waals surface area (Å²) in [7, 11) is 0. The van der Waals surface area contributed by atoms with Crippen LogP contribution in [0.2, 0.25) is 0 Å². The molecule has 0 atom stereocenters. The van der Waals surface area contributed by atoms with E-state index in [-0.39, 0.29) is 29.6 Å². The van der Waals surface area contributed by atoms with Crippen LogP contribution in [0.1, 0.15) is 0 Å². The molecule has 3 nitrogen and oxygen atoms in total. The van der Waals surface area contributed by atoms with Crippen molar-refractivity contribution in [2.75, 3.05) is 0 Å². The van der Waals surface area contributed by atoms with Crippen LogP contribution in [0, 0.1) is 0 Å². The van der Waals surface area contributed by atoms with E-state index in [1.165, 1.54) is 0 Å². The first-order valence-corrected chi connectivity index (χ1v) is 2.33. The molecule has 0 aliphatic heterocycles. The molecule has 0 unspecified atom stereocenters. The van der Waals surface area contributed by atoms with Gasteiger partial charge < -0.3 is 0 Å². The molecule has 0 heterocycles. The molecule has 0 aromatic heterocycles. The summed E-state index contributed by atoms with van der Waals surface area (Å²) in [5, 5.41) is 0. The van der Waals surface area contributed by atoms with Gasteiger partial charge in [-0.25, -0.2) is 0 Å². The molecule has 5 heavy (non-hydrogen) atoms. The Hall–Kier alpha value is 1.30. The van der Waals surface area contributed by atoms with Crippen molar-refractivity contribution < 1.29 is 57.1 Å². The predicted molar refractivity (Wildman–Crippen MR) is 2.91 cm³/mol. The molecule has 5 heteroatoms. The van der Waals surface area contributed by atoms with Crippen molar-refractivity contribution in [3.63, 3.8) is 0 Å². The SMILES string of the molecule is [Na+].[O]=[V]([O-])[OH]. The second kappa shape index (κ2) is 5.30. The summed E-state index contributed by atoms with van der Waals surface area (Å²) in [5.41, 5.74) is 0. The molecule has 0 aliphatic carbocycles. The van der Waals surface area contributed by atoms with Gasteiger partial charge in [-0.2, -0.15) is 0 Å². The molecule has 25 valence electrons. The van der Waals surface area contributed by atoms with Gasteiger partial charge in [-0.15, -0.1) is 0 Å². The van der Waals surface area contributed by atoms with Gasteiger partial charge in [-0.1, -0.05) is 0 Å². The average Bonchev–Trinajstić information content (AvgIpc) is 0.811.